The van der Waals surface area contributed by atoms with Crippen molar-refractivity contribution in [2.45, 2.75) is 26.8 Å². The minimum atomic E-state index is -0.884. The fourth-order valence-electron chi connectivity index (χ4n) is 1.43. The smallest absolute Gasteiger partial charge is 0.224 e. The lowest BCUT2D eigenvalue weighted by molar-refractivity contribution is -0.126. The number of amides is 1. The van der Waals surface area contributed by atoms with Gasteiger partial charge < -0.3 is 11.1 Å². The molecular formula is C10H22N2O2S. The van der Waals surface area contributed by atoms with E-state index >= 15 is 0 Å². The minimum Gasteiger partial charge on any atom is -0.352 e. The van der Waals surface area contributed by atoms with Gasteiger partial charge in [0.05, 0.1) is 5.92 Å². The predicted molar refractivity (Wildman–Crippen MR) is 63.9 cm³/mol. The molecule has 0 aromatic carbocycles. The summed E-state index contributed by atoms with van der Waals surface area (Å²) in [5, 5.41) is 2.83. The first-order chi connectivity index (χ1) is 6.88. The molecule has 0 saturated carbocycles. The molecule has 0 aliphatic carbocycles. The molecule has 1 amide bonds. The fraction of sp³-hybridized carbons (Fsp3) is 0.900. The van der Waals surface area contributed by atoms with Crippen LogP contribution < -0.4 is 11.1 Å². The first kappa shape index (κ1) is 14.6. The molecule has 3 unspecified atom stereocenters. The van der Waals surface area contributed by atoms with Gasteiger partial charge in [0.1, 0.15) is 0 Å². The van der Waals surface area contributed by atoms with Crippen molar-refractivity contribution in [3.63, 3.8) is 0 Å². The molecule has 3 atom stereocenters. The highest BCUT2D eigenvalue weighted by Gasteiger charge is 2.21. The quantitative estimate of drug-likeness (QED) is 0.684. The molecular weight excluding hydrogens is 212 g/mol. The topological polar surface area (TPSA) is 72.2 Å². The molecule has 0 aliphatic rings. The van der Waals surface area contributed by atoms with E-state index in [4.69, 9.17) is 5.73 Å². The number of carbonyl (C=O) groups is 1. The molecule has 5 heteroatoms. The molecule has 90 valence electrons. The lowest BCUT2D eigenvalue weighted by atomic mass is 9.95. The van der Waals surface area contributed by atoms with E-state index in [-0.39, 0.29) is 23.8 Å². The van der Waals surface area contributed by atoms with Gasteiger partial charge >= 0.3 is 0 Å². The van der Waals surface area contributed by atoms with E-state index in [0.717, 1.165) is 0 Å². The van der Waals surface area contributed by atoms with Crippen LogP contribution in [0.5, 0.6) is 0 Å². The molecule has 0 bridgehead atoms. The first-order valence-corrected chi connectivity index (χ1v) is 6.91. The second-order valence-electron chi connectivity index (χ2n) is 4.24. The Balaban J connectivity index is 4.16. The van der Waals surface area contributed by atoms with Crippen molar-refractivity contribution in [3.8, 4) is 0 Å². The monoisotopic (exact) mass is 234 g/mol. The zero-order valence-electron chi connectivity index (χ0n) is 9.95. The maximum absolute atomic E-state index is 11.7. The second-order valence-corrected chi connectivity index (χ2v) is 5.72. The van der Waals surface area contributed by atoms with E-state index in [1.54, 1.807) is 6.26 Å². The van der Waals surface area contributed by atoms with Gasteiger partial charge in [0.2, 0.25) is 5.91 Å². The maximum atomic E-state index is 11.7. The third-order valence-corrected chi connectivity index (χ3v) is 3.24. The molecule has 0 rings (SSSR count). The average molecular weight is 234 g/mol. The summed E-state index contributed by atoms with van der Waals surface area (Å²) in [6.45, 7) is 6.15. The standard InChI is InChI=1S/C10H22N2O2S/c1-7(2)9(5-11)10(13)12-8(3)6-15(4)14/h7-9H,5-6,11H2,1-4H3,(H,12,13). The summed E-state index contributed by atoms with van der Waals surface area (Å²) in [6, 6.07) is -0.0591. The number of nitrogens with two attached hydrogens (primary N) is 1. The van der Waals surface area contributed by atoms with E-state index in [9.17, 15) is 9.00 Å². The number of carbonyl (C=O) groups excluding carboxylic acids is 1. The van der Waals surface area contributed by atoms with Gasteiger partial charge in [0, 0.05) is 35.4 Å². The summed E-state index contributed by atoms with van der Waals surface area (Å²) in [7, 11) is -0.884. The van der Waals surface area contributed by atoms with Crippen molar-refractivity contribution in [1.29, 1.82) is 0 Å². The molecule has 0 spiro atoms. The third kappa shape index (κ3) is 5.89. The van der Waals surface area contributed by atoms with Crippen LogP contribution in [0.3, 0.4) is 0 Å². The third-order valence-electron chi connectivity index (χ3n) is 2.27. The maximum Gasteiger partial charge on any atom is 0.224 e. The van der Waals surface area contributed by atoms with Gasteiger partial charge in [-0.15, -0.1) is 0 Å². The van der Waals surface area contributed by atoms with Crippen LogP contribution in [-0.4, -0.2) is 34.7 Å². The second kappa shape index (κ2) is 6.95. The summed E-state index contributed by atoms with van der Waals surface area (Å²) < 4.78 is 10.9. The summed E-state index contributed by atoms with van der Waals surface area (Å²) in [6.07, 6.45) is 1.63. The van der Waals surface area contributed by atoms with E-state index in [2.05, 4.69) is 5.32 Å². The van der Waals surface area contributed by atoms with Crippen LogP contribution in [0.2, 0.25) is 0 Å². The Morgan fingerprint density at radius 1 is 1.40 bits per heavy atom. The molecule has 0 aromatic rings. The number of rotatable bonds is 6. The van der Waals surface area contributed by atoms with Crippen LogP contribution in [0.4, 0.5) is 0 Å². The Labute approximate surface area is 94.4 Å². The number of hydrogen-bond acceptors (Lipinski definition) is 3. The summed E-state index contributed by atoms with van der Waals surface area (Å²) in [4.78, 5) is 11.7. The molecule has 3 N–H and O–H groups in total. The summed E-state index contributed by atoms with van der Waals surface area (Å²) in [5.74, 6) is 0.527. The highest BCUT2D eigenvalue weighted by Crippen LogP contribution is 2.09. The van der Waals surface area contributed by atoms with Crippen LogP contribution in [-0.2, 0) is 15.6 Å². The van der Waals surface area contributed by atoms with Crippen molar-refractivity contribution in [2.75, 3.05) is 18.6 Å². The van der Waals surface area contributed by atoms with Gasteiger partial charge in [-0.1, -0.05) is 13.8 Å². The zero-order valence-corrected chi connectivity index (χ0v) is 10.8. The Morgan fingerprint density at radius 3 is 2.27 bits per heavy atom. The van der Waals surface area contributed by atoms with Gasteiger partial charge in [0.25, 0.3) is 0 Å². The lowest BCUT2D eigenvalue weighted by Crippen LogP contribution is -2.43. The van der Waals surface area contributed by atoms with Crippen molar-refractivity contribution >= 4 is 16.7 Å². The largest absolute Gasteiger partial charge is 0.352 e. The summed E-state index contributed by atoms with van der Waals surface area (Å²) in [5.41, 5.74) is 5.53. The fourth-order valence-corrected chi connectivity index (χ4v) is 2.21. The zero-order chi connectivity index (χ0) is 12.0. The highest BCUT2D eigenvalue weighted by molar-refractivity contribution is 7.84. The van der Waals surface area contributed by atoms with Crippen LogP contribution in [0.1, 0.15) is 20.8 Å². The van der Waals surface area contributed by atoms with Gasteiger partial charge in [-0.2, -0.15) is 0 Å². The van der Waals surface area contributed by atoms with Gasteiger partial charge in [-0.25, -0.2) is 0 Å². The summed E-state index contributed by atoms with van der Waals surface area (Å²) >= 11 is 0. The van der Waals surface area contributed by atoms with Crippen LogP contribution in [0.25, 0.3) is 0 Å². The van der Waals surface area contributed by atoms with E-state index in [0.29, 0.717) is 12.3 Å². The number of nitrogens with one attached hydrogen (secondary N) is 1. The van der Waals surface area contributed by atoms with E-state index < -0.39 is 10.8 Å². The predicted octanol–water partition coefficient (Wildman–Crippen LogP) is 0.101. The van der Waals surface area contributed by atoms with Crippen molar-refractivity contribution in [2.24, 2.45) is 17.6 Å². The molecule has 0 heterocycles. The van der Waals surface area contributed by atoms with Crippen LogP contribution in [0.15, 0.2) is 0 Å². The molecule has 0 saturated heterocycles. The highest BCUT2D eigenvalue weighted by atomic mass is 32.2. The van der Waals surface area contributed by atoms with Crippen molar-refractivity contribution in [1.82, 2.24) is 5.32 Å². The molecule has 4 nitrogen and oxygen atoms in total. The van der Waals surface area contributed by atoms with E-state index in [1.165, 1.54) is 0 Å². The normalized spacial score (nSPS) is 17.2. The Morgan fingerprint density at radius 2 is 1.93 bits per heavy atom. The minimum absolute atomic E-state index is 0.0366. The lowest BCUT2D eigenvalue weighted by Gasteiger charge is -2.21. The van der Waals surface area contributed by atoms with Crippen molar-refractivity contribution < 1.29 is 9.00 Å². The van der Waals surface area contributed by atoms with Gasteiger partial charge in [-0.3, -0.25) is 9.00 Å². The van der Waals surface area contributed by atoms with Gasteiger partial charge in [0.15, 0.2) is 0 Å². The van der Waals surface area contributed by atoms with Crippen LogP contribution in [0, 0.1) is 11.8 Å². The Hall–Kier alpha value is -0.420. The number of hydrogen-bond donors (Lipinski definition) is 2. The van der Waals surface area contributed by atoms with E-state index in [1.807, 2.05) is 20.8 Å². The molecule has 15 heavy (non-hydrogen) atoms. The van der Waals surface area contributed by atoms with Gasteiger partial charge in [-0.05, 0) is 12.8 Å². The molecule has 0 radical (unpaired) electrons. The average Bonchev–Trinajstić information content (AvgIpc) is 2.01. The molecule has 0 aliphatic heterocycles. The molecule has 0 fully saturated rings. The van der Waals surface area contributed by atoms with Crippen LogP contribution >= 0.6 is 0 Å². The Bertz CT molecular complexity index is 231. The Kier molecular flexibility index (Phi) is 6.76. The van der Waals surface area contributed by atoms with Crippen molar-refractivity contribution in [3.05, 3.63) is 0 Å². The SMILES string of the molecule is CC(CS(C)=O)NC(=O)C(CN)C(C)C. The molecule has 0 aromatic heterocycles. The first-order valence-electron chi connectivity index (χ1n) is 5.19.